The predicted molar refractivity (Wildman–Crippen MR) is 166 cm³/mol. The lowest BCUT2D eigenvalue weighted by atomic mass is 9.85. The fourth-order valence-corrected chi connectivity index (χ4v) is 5.96. The van der Waals surface area contributed by atoms with Crippen molar-refractivity contribution in [3.05, 3.63) is 65.4 Å². The van der Waals surface area contributed by atoms with Crippen LogP contribution < -0.4 is 5.32 Å². The normalized spacial score (nSPS) is 19.5. The molecule has 0 radical (unpaired) electrons. The number of hydrogen-bond acceptors (Lipinski definition) is 7. The molecule has 230 valence electrons. The highest BCUT2D eigenvalue weighted by Gasteiger charge is 2.38. The fourth-order valence-electron chi connectivity index (χ4n) is 5.96. The van der Waals surface area contributed by atoms with Gasteiger partial charge in [-0.1, -0.05) is 0 Å². The molecule has 0 unspecified atom stereocenters. The number of carbonyl (C=O) groups is 2. The number of aromatic nitrogens is 4. The van der Waals surface area contributed by atoms with Crippen molar-refractivity contribution in [1.82, 2.24) is 29.2 Å². The quantitative estimate of drug-likeness (QED) is 0.311. The molecule has 1 saturated heterocycles. The van der Waals surface area contributed by atoms with Gasteiger partial charge < -0.3 is 20.1 Å². The van der Waals surface area contributed by atoms with Gasteiger partial charge in [0.05, 0.1) is 35.4 Å². The Morgan fingerprint density at radius 1 is 1.05 bits per heavy atom. The predicted octanol–water partition coefficient (Wildman–Crippen LogP) is 4.97. The van der Waals surface area contributed by atoms with Crippen LogP contribution in [0.25, 0.3) is 21.3 Å². The number of anilines is 1. The molecule has 2 aliphatic rings. The van der Waals surface area contributed by atoms with Crippen molar-refractivity contribution in [3.63, 3.8) is 0 Å². The Balaban J connectivity index is 1.14. The van der Waals surface area contributed by atoms with Gasteiger partial charge in [0.25, 0.3) is 5.91 Å². The lowest BCUT2D eigenvalue weighted by Gasteiger charge is -2.46. The summed E-state index contributed by atoms with van der Waals surface area (Å²) in [5.41, 5.74) is 1.44. The monoisotopic (exact) mass is 598 g/mol. The van der Waals surface area contributed by atoms with Crippen LogP contribution in [-0.4, -0.2) is 84.1 Å². The van der Waals surface area contributed by atoms with Crippen LogP contribution in [0.1, 0.15) is 69.6 Å². The second-order valence-electron chi connectivity index (χ2n) is 13.2. The first-order chi connectivity index (χ1) is 20.8. The average molecular weight is 599 g/mol. The van der Waals surface area contributed by atoms with Crippen LogP contribution in [0.4, 0.5) is 16.2 Å². The number of ether oxygens (including phenoxy) is 1. The summed E-state index contributed by atoms with van der Waals surface area (Å²) in [4.78, 5) is 33.4. The summed E-state index contributed by atoms with van der Waals surface area (Å²) in [6, 6.07) is 9.46. The van der Waals surface area contributed by atoms with E-state index in [2.05, 4.69) is 20.2 Å². The second kappa shape index (κ2) is 10.9. The average Bonchev–Trinajstić information content (AvgIpc) is 3.54. The van der Waals surface area contributed by atoms with E-state index in [-0.39, 0.29) is 18.0 Å². The van der Waals surface area contributed by atoms with E-state index in [1.54, 1.807) is 36.9 Å². The zero-order valence-electron chi connectivity index (χ0n) is 25.7. The Morgan fingerprint density at radius 2 is 1.77 bits per heavy atom. The summed E-state index contributed by atoms with van der Waals surface area (Å²) < 4.78 is 9.02. The molecule has 0 atom stereocenters. The summed E-state index contributed by atoms with van der Waals surface area (Å²) >= 11 is 0. The SMILES string of the molecule is [C-]#[N+]c1cnn2c(C(=O)Nc3cc4cn(C5CC(N6CCN(C(=O)OC(C)(C)C)CC6)C5)nc4cc3C(C)(C)O)ccc2c1. The van der Waals surface area contributed by atoms with E-state index in [4.69, 9.17) is 16.4 Å². The molecule has 4 aromatic rings. The third kappa shape index (κ3) is 5.85. The van der Waals surface area contributed by atoms with Crippen molar-refractivity contribution in [2.75, 3.05) is 31.5 Å². The number of piperazine rings is 1. The van der Waals surface area contributed by atoms with Crippen LogP contribution in [0.15, 0.2) is 42.7 Å². The zero-order chi connectivity index (χ0) is 31.4. The third-order valence-corrected chi connectivity index (χ3v) is 8.36. The van der Waals surface area contributed by atoms with Crippen molar-refractivity contribution in [3.8, 4) is 0 Å². The Morgan fingerprint density at radius 3 is 2.43 bits per heavy atom. The van der Waals surface area contributed by atoms with Gasteiger partial charge in [-0.05, 0) is 77.8 Å². The topological polar surface area (TPSA) is 122 Å². The number of fused-ring (bicyclic) bond motifs is 2. The summed E-state index contributed by atoms with van der Waals surface area (Å²) in [6.07, 6.45) is 5.11. The number of nitrogens with one attached hydrogen (secondary N) is 1. The van der Waals surface area contributed by atoms with Crippen molar-refractivity contribution < 1.29 is 19.4 Å². The number of rotatable bonds is 5. The molecule has 12 nitrogen and oxygen atoms in total. The zero-order valence-corrected chi connectivity index (χ0v) is 25.7. The molecule has 1 aliphatic heterocycles. The second-order valence-corrected chi connectivity index (χ2v) is 13.2. The standard InChI is InChI=1S/C32H38N8O4/c1-31(2,3)44-30(42)38-11-9-37(10-12-38)23-15-24(16-23)39-19-20-13-27(25(32(4,5)43)17-26(20)36-39)35-29(41)28-8-7-22-14-21(33-6)18-34-40(22)28/h7-8,13-14,17-19,23-24,43H,9-12,15-16H2,1-5H3,(H,35,41). The van der Waals surface area contributed by atoms with Crippen molar-refractivity contribution in [1.29, 1.82) is 0 Å². The molecular formula is C32H38N8O4. The molecule has 0 spiro atoms. The van der Waals surface area contributed by atoms with E-state index in [1.165, 1.54) is 10.7 Å². The molecule has 6 rings (SSSR count). The molecule has 2 amide bonds. The number of carbonyl (C=O) groups excluding carboxylic acids is 2. The highest BCUT2D eigenvalue weighted by molar-refractivity contribution is 6.05. The van der Waals surface area contributed by atoms with Gasteiger partial charge in [-0.25, -0.2) is 14.2 Å². The van der Waals surface area contributed by atoms with Crippen molar-refractivity contribution in [2.24, 2.45) is 0 Å². The molecule has 4 heterocycles. The van der Waals surface area contributed by atoms with Crippen molar-refractivity contribution in [2.45, 2.75) is 70.7 Å². The highest BCUT2D eigenvalue weighted by Crippen LogP contribution is 2.38. The maximum atomic E-state index is 13.4. The molecule has 1 saturated carbocycles. The molecule has 2 fully saturated rings. The highest BCUT2D eigenvalue weighted by atomic mass is 16.6. The molecule has 1 aliphatic carbocycles. The first-order valence-corrected chi connectivity index (χ1v) is 14.9. The van der Waals surface area contributed by atoms with Gasteiger partial charge in [-0.2, -0.15) is 10.2 Å². The largest absolute Gasteiger partial charge is 0.444 e. The van der Waals surface area contributed by atoms with Crippen LogP contribution in [0.2, 0.25) is 0 Å². The minimum atomic E-state index is -1.23. The number of hydrogen-bond donors (Lipinski definition) is 2. The molecule has 1 aromatic carbocycles. The van der Waals surface area contributed by atoms with Gasteiger partial charge in [0.2, 0.25) is 5.69 Å². The fraction of sp³-hybridized carbons (Fsp3) is 0.469. The smallest absolute Gasteiger partial charge is 0.410 e. The lowest BCUT2D eigenvalue weighted by molar-refractivity contribution is -0.00140. The Hall–Kier alpha value is -4.47. The van der Waals surface area contributed by atoms with Gasteiger partial charge in [0.1, 0.15) is 11.3 Å². The summed E-state index contributed by atoms with van der Waals surface area (Å²) in [5, 5.41) is 23.9. The Kier molecular flexibility index (Phi) is 7.34. The number of benzene rings is 1. The lowest BCUT2D eigenvalue weighted by Crippen LogP contribution is -2.55. The van der Waals surface area contributed by atoms with E-state index in [0.717, 1.165) is 36.8 Å². The van der Waals surface area contributed by atoms with E-state index in [1.807, 2.05) is 43.8 Å². The first kappa shape index (κ1) is 29.6. The molecule has 12 heteroatoms. The van der Waals surface area contributed by atoms with E-state index >= 15 is 0 Å². The van der Waals surface area contributed by atoms with Crippen LogP contribution in [0, 0.1) is 6.57 Å². The number of amides is 2. The molecular weight excluding hydrogens is 560 g/mol. The summed E-state index contributed by atoms with van der Waals surface area (Å²) in [6.45, 7) is 19.2. The third-order valence-electron chi connectivity index (χ3n) is 8.36. The maximum Gasteiger partial charge on any atom is 0.410 e. The van der Waals surface area contributed by atoms with Gasteiger partial charge in [0, 0.05) is 55.1 Å². The molecule has 44 heavy (non-hydrogen) atoms. The molecule has 0 bridgehead atoms. The number of aliphatic hydroxyl groups is 1. The van der Waals surface area contributed by atoms with Gasteiger partial charge in [0.15, 0.2) is 0 Å². The number of nitrogens with zero attached hydrogens (tertiary/aromatic N) is 7. The Bertz CT molecular complexity index is 1770. The van der Waals surface area contributed by atoms with Crippen LogP contribution in [-0.2, 0) is 10.3 Å². The minimum absolute atomic E-state index is 0.249. The van der Waals surface area contributed by atoms with Crippen LogP contribution in [0.3, 0.4) is 0 Å². The molecule has 3 aromatic heterocycles. The molecule has 2 N–H and O–H groups in total. The van der Waals surface area contributed by atoms with Gasteiger partial charge >= 0.3 is 6.09 Å². The van der Waals surface area contributed by atoms with E-state index in [9.17, 15) is 14.7 Å². The van der Waals surface area contributed by atoms with E-state index < -0.39 is 11.2 Å². The Labute approximate surface area is 256 Å². The van der Waals surface area contributed by atoms with Crippen LogP contribution in [0.5, 0.6) is 0 Å². The van der Waals surface area contributed by atoms with E-state index in [0.29, 0.717) is 47.3 Å². The summed E-state index contributed by atoms with van der Waals surface area (Å²) in [7, 11) is 0. The van der Waals surface area contributed by atoms with Crippen LogP contribution >= 0.6 is 0 Å². The minimum Gasteiger partial charge on any atom is -0.444 e. The van der Waals surface area contributed by atoms with Gasteiger partial charge in [-0.15, -0.1) is 0 Å². The van der Waals surface area contributed by atoms with Crippen molar-refractivity contribution >= 4 is 39.8 Å². The first-order valence-electron chi connectivity index (χ1n) is 14.9. The maximum absolute atomic E-state index is 13.4. The van der Waals surface area contributed by atoms with Gasteiger partial charge in [-0.3, -0.25) is 14.4 Å². The summed E-state index contributed by atoms with van der Waals surface area (Å²) in [5.74, 6) is -0.376.